The lowest BCUT2D eigenvalue weighted by atomic mass is 9.99. The summed E-state index contributed by atoms with van der Waals surface area (Å²) in [5, 5.41) is 0. The lowest BCUT2D eigenvalue weighted by Gasteiger charge is -2.29. The van der Waals surface area contributed by atoms with Crippen LogP contribution in [0.15, 0.2) is 11.6 Å². The summed E-state index contributed by atoms with van der Waals surface area (Å²) in [5.74, 6) is 0.383. The molecule has 19 heavy (non-hydrogen) atoms. The number of amides is 1. The molecule has 4 heteroatoms. The molecule has 1 amide bonds. The van der Waals surface area contributed by atoms with Crippen LogP contribution in [0.3, 0.4) is 0 Å². The number of rotatable bonds is 7. The van der Waals surface area contributed by atoms with Gasteiger partial charge in [-0.15, -0.1) is 0 Å². The van der Waals surface area contributed by atoms with Crippen LogP contribution in [0.4, 0.5) is 0 Å². The number of methoxy groups -OCH3 is 1. The molecule has 110 valence electrons. The summed E-state index contributed by atoms with van der Waals surface area (Å²) in [4.78, 5) is 14.2. The molecule has 0 aromatic heterocycles. The van der Waals surface area contributed by atoms with Crippen molar-refractivity contribution < 1.29 is 9.53 Å². The zero-order valence-electron chi connectivity index (χ0n) is 12.5. The molecule has 0 aromatic rings. The maximum Gasteiger partial charge on any atom is 0.225 e. The molecule has 1 rings (SSSR count). The van der Waals surface area contributed by atoms with Gasteiger partial charge in [0.15, 0.2) is 0 Å². The Kier molecular flexibility index (Phi) is 7.10. The quantitative estimate of drug-likeness (QED) is 0.718. The highest BCUT2D eigenvalue weighted by atomic mass is 16.5. The van der Waals surface area contributed by atoms with Crippen LogP contribution in [0.25, 0.3) is 0 Å². The van der Waals surface area contributed by atoms with E-state index >= 15 is 0 Å². The van der Waals surface area contributed by atoms with Gasteiger partial charge in [-0.05, 0) is 31.8 Å². The summed E-state index contributed by atoms with van der Waals surface area (Å²) in [5.41, 5.74) is 7.03. The maximum atomic E-state index is 12.3. The van der Waals surface area contributed by atoms with Gasteiger partial charge in [0.05, 0.1) is 6.61 Å². The van der Waals surface area contributed by atoms with Gasteiger partial charge in [0, 0.05) is 32.2 Å². The third-order valence-corrected chi connectivity index (χ3v) is 3.66. The first-order valence-electron chi connectivity index (χ1n) is 7.25. The van der Waals surface area contributed by atoms with Crippen LogP contribution in [0, 0.1) is 5.92 Å². The first-order valence-corrected chi connectivity index (χ1v) is 7.25. The lowest BCUT2D eigenvalue weighted by molar-refractivity contribution is -0.134. The van der Waals surface area contributed by atoms with E-state index in [-0.39, 0.29) is 17.9 Å². The van der Waals surface area contributed by atoms with Crippen LogP contribution in [-0.4, -0.2) is 43.7 Å². The van der Waals surface area contributed by atoms with Gasteiger partial charge in [0.25, 0.3) is 0 Å². The molecule has 0 radical (unpaired) electrons. The molecule has 2 N–H and O–H groups in total. The number of carbonyl (C=O) groups is 1. The highest BCUT2D eigenvalue weighted by Crippen LogP contribution is 2.17. The first-order chi connectivity index (χ1) is 9.04. The first kappa shape index (κ1) is 16.2. The zero-order chi connectivity index (χ0) is 14.3. The van der Waals surface area contributed by atoms with E-state index in [0.717, 1.165) is 38.8 Å². The van der Waals surface area contributed by atoms with Gasteiger partial charge in [-0.3, -0.25) is 4.79 Å². The number of nitrogens with two attached hydrogens (primary N) is 1. The Morgan fingerprint density at radius 1 is 1.47 bits per heavy atom. The topological polar surface area (TPSA) is 55.6 Å². The van der Waals surface area contributed by atoms with E-state index in [1.807, 2.05) is 18.7 Å². The lowest BCUT2D eigenvalue weighted by Crippen LogP contribution is -2.38. The van der Waals surface area contributed by atoms with Gasteiger partial charge in [0.2, 0.25) is 5.91 Å². The van der Waals surface area contributed by atoms with Crippen molar-refractivity contribution in [3.05, 3.63) is 11.6 Å². The van der Waals surface area contributed by atoms with E-state index in [4.69, 9.17) is 10.5 Å². The predicted octanol–water partition coefficient (Wildman–Crippen LogP) is 1.95. The fourth-order valence-corrected chi connectivity index (χ4v) is 2.41. The third kappa shape index (κ3) is 5.74. The fraction of sp³-hybridized carbons (Fsp3) is 0.800. The van der Waals surface area contributed by atoms with Crippen molar-refractivity contribution in [2.75, 3.05) is 26.8 Å². The number of hydrogen-bond donors (Lipinski definition) is 1. The van der Waals surface area contributed by atoms with Crippen LogP contribution in [0.5, 0.6) is 0 Å². The molecule has 0 aromatic carbocycles. The van der Waals surface area contributed by atoms with Crippen molar-refractivity contribution in [2.24, 2.45) is 11.7 Å². The molecule has 1 aliphatic heterocycles. The number of ether oxygens (including phenoxy) is 1. The summed E-state index contributed by atoms with van der Waals surface area (Å²) in [6.07, 6.45) is 6.02. The minimum Gasteiger partial charge on any atom is -0.380 e. The average molecular weight is 268 g/mol. The molecule has 0 fully saturated rings. The summed E-state index contributed by atoms with van der Waals surface area (Å²) < 4.78 is 5.12. The molecule has 2 atom stereocenters. The van der Waals surface area contributed by atoms with E-state index in [0.29, 0.717) is 6.61 Å². The Bertz CT molecular complexity index is 313. The van der Waals surface area contributed by atoms with Gasteiger partial charge in [0.1, 0.15) is 0 Å². The molecular formula is C15H28N2O2. The predicted molar refractivity (Wildman–Crippen MR) is 77.8 cm³/mol. The van der Waals surface area contributed by atoms with Crippen LogP contribution in [0.2, 0.25) is 0 Å². The highest BCUT2D eigenvalue weighted by molar-refractivity contribution is 5.78. The van der Waals surface area contributed by atoms with Crippen LogP contribution >= 0.6 is 0 Å². The molecule has 0 aliphatic carbocycles. The summed E-state index contributed by atoms with van der Waals surface area (Å²) in [6.45, 7) is 6.28. The second-order valence-electron chi connectivity index (χ2n) is 5.64. The molecular weight excluding hydrogens is 240 g/mol. The molecule has 0 saturated heterocycles. The van der Waals surface area contributed by atoms with Crippen molar-refractivity contribution in [3.8, 4) is 0 Å². The second-order valence-corrected chi connectivity index (χ2v) is 5.64. The largest absolute Gasteiger partial charge is 0.380 e. The number of hydrogen-bond acceptors (Lipinski definition) is 3. The van der Waals surface area contributed by atoms with Crippen molar-refractivity contribution in [1.29, 1.82) is 0 Å². The SMILES string of the molecule is COCC1=CCN(C(=O)C(C)CCCC(C)N)CC1. The van der Waals surface area contributed by atoms with Crippen molar-refractivity contribution in [3.63, 3.8) is 0 Å². The normalized spacial score (nSPS) is 18.9. The van der Waals surface area contributed by atoms with E-state index in [9.17, 15) is 4.79 Å². The summed E-state index contributed by atoms with van der Waals surface area (Å²) in [6, 6.07) is 0.233. The van der Waals surface area contributed by atoms with Crippen molar-refractivity contribution >= 4 is 5.91 Å². The average Bonchev–Trinajstić information content (AvgIpc) is 2.38. The summed E-state index contributed by atoms with van der Waals surface area (Å²) in [7, 11) is 1.71. The van der Waals surface area contributed by atoms with Gasteiger partial charge < -0.3 is 15.4 Å². The third-order valence-electron chi connectivity index (χ3n) is 3.66. The molecule has 0 bridgehead atoms. The van der Waals surface area contributed by atoms with Gasteiger partial charge >= 0.3 is 0 Å². The monoisotopic (exact) mass is 268 g/mol. The number of carbonyl (C=O) groups excluding carboxylic acids is 1. The highest BCUT2D eigenvalue weighted by Gasteiger charge is 2.21. The van der Waals surface area contributed by atoms with Gasteiger partial charge in [-0.25, -0.2) is 0 Å². The Labute approximate surface area is 117 Å². The van der Waals surface area contributed by atoms with Crippen LogP contribution < -0.4 is 5.73 Å². The van der Waals surface area contributed by atoms with Crippen LogP contribution in [-0.2, 0) is 9.53 Å². The van der Waals surface area contributed by atoms with E-state index in [1.54, 1.807) is 7.11 Å². The maximum absolute atomic E-state index is 12.3. The molecule has 2 unspecified atom stereocenters. The zero-order valence-corrected chi connectivity index (χ0v) is 12.5. The van der Waals surface area contributed by atoms with Crippen molar-refractivity contribution in [1.82, 2.24) is 4.90 Å². The summed E-state index contributed by atoms with van der Waals surface area (Å²) >= 11 is 0. The Morgan fingerprint density at radius 2 is 2.21 bits per heavy atom. The molecule has 1 heterocycles. The van der Waals surface area contributed by atoms with Gasteiger partial charge in [-0.1, -0.05) is 19.4 Å². The molecule has 0 saturated carbocycles. The minimum absolute atomic E-state index is 0.108. The number of nitrogens with zero attached hydrogens (tertiary/aromatic N) is 1. The fourth-order valence-electron chi connectivity index (χ4n) is 2.41. The molecule has 4 nitrogen and oxygen atoms in total. The Hall–Kier alpha value is -0.870. The molecule has 1 aliphatic rings. The van der Waals surface area contributed by atoms with Crippen LogP contribution in [0.1, 0.15) is 39.5 Å². The Balaban J connectivity index is 2.33. The smallest absolute Gasteiger partial charge is 0.225 e. The van der Waals surface area contributed by atoms with Crippen molar-refractivity contribution in [2.45, 2.75) is 45.6 Å². The second kappa shape index (κ2) is 8.33. The van der Waals surface area contributed by atoms with Gasteiger partial charge in [-0.2, -0.15) is 0 Å². The Morgan fingerprint density at radius 3 is 2.74 bits per heavy atom. The van der Waals surface area contributed by atoms with E-state index in [2.05, 4.69) is 6.08 Å². The van der Waals surface area contributed by atoms with E-state index in [1.165, 1.54) is 5.57 Å². The van der Waals surface area contributed by atoms with E-state index < -0.39 is 0 Å². The minimum atomic E-state index is 0.108. The standard InChI is InChI=1S/C15H28N2O2/c1-12(5-4-6-13(2)16)15(18)17-9-7-14(8-10-17)11-19-3/h7,12-13H,4-6,8-11,16H2,1-3H3. The molecule has 0 spiro atoms.